The topological polar surface area (TPSA) is 62.7 Å². The first-order valence-corrected chi connectivity index (χ1v) is 9.27. The number of hydrogen-bond acceptors (Lipinski definition) is 4. The van der Waals surface area contributed by atoms with Gasteiger partial charge in [0.1, 0.15) is 5.75 Å². The highest BCUT2D eigenvalue weighted by atomic mass is 19.1. The number of nitrogens with zero attached hydrogens (tertiary/aromatic N) is 2. The predicted octanol–water partition coefficient (Wildman–Crippen LogP) is 2.81. The lowest BCUT2D eigenvalue weighted by atomic mass is 9.81. The number of pyridine rings is 1. The van der Waals surface area contributed by atoms with Gasteiger partial charge in [-0.15, -0.1) is 0 Å². The average molecular weight is 370 g/mol. The standard InChI is InChI=1S/C21H23FN2O3/c1-27-17-8-4-14(5-9-17)11-19(25)24-15-6-7-16(24)13-21(26,12-15)18-3-2-10-23-20(18)22/h2-5,8-10,15-16,26H,6-7,11-13H2,1H3/t15-,16-/m1/s1. The molecule has 2 fully saturated rings. The second-order valence-electron chi connectivity index (χ2n) is 7.49. The van der Waals surface area contributed by atoms with E-state index in [1.165, 1.54) is 6.20 Å². The quantitative estimate of drug-likeness (QED) is 0.841. The van der Waals surface area contributed by atoms with Crippen LogP contribution in [0, 0.1) is 5.95 Å². The molecule has 0 saturated carbocycles. The highest BCUT2D eigenvalue weighted by Gasteiger charge is 2.50. The Balaban J connectivity index is 1.50. The van der Waals surface area contributed by atoms with Gasteiger partial charge in [-0.3, -0.25) is 4.79 Å². The number of fused-ring (bicyclic) bond motifs is 2. The number of amides is 1. The zero-order valence-electron chi connectivity index (χ0n) is 15.3. The molecule has 4 rings (SSSR count). The molecule has 142 valence electrons. The van der Waals surface area contributed by atoms with Crippen molar-refractivity contribution < 1.29 is 19.0 Å². The van der Waals surface area contributed by atoms with Gasteiger partial charge in [-0.25, -0.2) is 4.98 Å². The molecule has 1 N–H and O–H groups in total. The van der Waals surface area contributed by atoms with Crippen LogP contribution < -0.4 is 4.74 Å². The van der Waals surface area contributed by atoms with E-state index in [-0.39, 0.29) is 23.6 Å². The van der Waals surface area contributed by atoms with E-state index in [0.29, 0.717) is 19.3 Å². The lowest BCUT2D eigenvalue weighted by Crippen LogP contribution is -2.52. The fourth-order valence-electron chi connectivity index (χ4n) is 4.59. The van der Waals surface area contributed by atoms with E-state index >= 15 is 0 Å². The first-order chi connectivity index (χ1) is 13.0. The number of ether oxygens (including phenoxy) is 1. The third-order valence-corrected chi connectivity index (χ3v) is 5.83. The Morgan fingerprint density at radius 1 is 1.26 bits per heavy atom. The molecule has 5 nitrogen and oxygen atoms in total. The van der Waals surface area contributed by atoms with E-state index < -0.39 is 11.5 Å². The maximum Gasteiger partial charge on any atom is 0.227 e. The number of carbonyl (C=O) groups excluding carboxylic acids is 1. The summed E-state index contributed by atoms with van der Waals surface area (Å²) in [5, 5.41) is 11.1. The number of methoxy groups -OCH3 is 1. The molecule has 27 heavy (non-hydrogen) atoms. The van der Waals surface area contributed by atoms with E-state index in [1.54, 1.807) is 19.2 Å². The van der Waals surface area contributed by atoms with E-state index in [4.69, 9.17) is 4.74 Å². The van der Waals surface area contributed by atoms with E-state index in [0.717, 1.165) is 24.2 Å². The second kappa shape index (κ2) is 6.93. The number of halogens is 1. The van der Waals surface area contributed by atoms with Crippen molar-refractivity contribution in [2.45, 2.75) is 49.8 Å². The molecule has 1 aromatic heterocycles. The molecular weight excluding hydrogens is 347 g/mol. The Hall–Kier alpha value is -2.47. The van der Waals surface area contributed by atoms with Gasteiger partial charge < -0.3 is 14.7 Å². The minimum atomic E-state index is -1.26. The Morgan fingerprint density at radius 3 is 2.52 bits per heavy atom. The maximum atomic E-state index is 14.1. The van der Waals surface area contributed by atoms with Crippen molar-refractivity contribution in [3.63, 3.8) is 0 Å². The van der Waals surface area contributed by atoms with E-state index in [9.17, 15) is 14.3 Å². The molecule has 0 aliphatic carbocycles. The second-order valence-corrected chi connectivity index (χ2v) is 7.49. The number of hydrogen-bond donors (Lipinski definition) is 1. The highest BCUT2D eigenvalue weighted by Crippen LogP contribution is 2.46. The average Bonchev–Trinajstić information content (AvgIpc) is 2.95. The lowest BCUT2D eigenvalue weighted by molar-refractivity contribution is -0.141. The van der Waals surface area contributed by atoms with Gasteiger partial charge in [-0.05, 0) is 36.6 Å². The van der Waals surface area contributed by atoms with Crippen LogP contribution in [-0.2, 0) is 16.8 Å². The summed E-state index contributed by atoms with van der Waals surface area (Å²) in [5.41, 5.74) is -0.0929. The van der Waals surface area contributed by atoms with Crippen LogP contribution in [0.1, 0.15) is 36.8 Å². The minimum Gasteiger partial charge on any atom is -0.497 e. The van der Waals surface area contributed by atoms with E-state index in [1.807, 2.05) is 29.2 Å². The fraction of sp³-hybridized carbons (Fsp3) is 0.429. The third-order valence-electron chi connectivity index (χ3n) is 5.83. The molecule has 1 aromatic carbocycles. The van der Waals surface area contributed by atoms with Crippen LogP contribution in [0.2, 0.25) is 0 Å². The number of benzene rings is 1. The Kier molecular flexibility index (Phi) is 4.60. The van der Waals surface area contributed by atoms with Crippen molar-refractivity contribution in [1.82, 2.24) is 9.88 Å². The molecule has 0 radical (unpaired) electrons. The first-order valence-electron chi connectivity index (χ1n) is 9.27. The molecule has 2 aliphatic rings. The number of piperidine rings is 1. The SMILES string of the molecule is COc1ccc(CC(=O)N2[C@@H]3CC[C@@H]2CC(O)(c2cccnc2F)C3)cc1. The summed E-state index contributed by atoms with van der Waals surface area (Å²) in [7, 11) is 1.61. The fourth-order valence-corrected chi connectivity index (χ4v) is 4.59. The molecule has 6 heteroatoms. The van der Waals surface area contributed by atoms with Crippen LogP contribution in [-0.4, -0.2) is 40.1 Å². The van der Waals surface area contributed by atoms with Gasteiger partial charge in [0.05, 0.1) is 19.1 Å². The molecule has 2 bridgehead atoms. The van der Waals surface area contributed by atoms with Crippen molar-refractivity contribution in [3.8, 4) is 5.75 Å². The smallest absolute Gasteiger partial charge is 0.227 e. The first kappa shape index (κ1) is 17.9. The van der Waals surface area contributed by atoms with E-state index in [2.05, 4.69) is 4.98 Å². The van der Waals surface area contributed by atoms with Gasteiger partial charge in [0.2, 0.25) is 11.9 Å². The zero-order chi connectivity index (χ0) is 19.0. The molecule has 2 aromatic rings. The normalized spacial score (nSPS) is 26.9. The van der Waals surface area contributed by atoms with Crippen LogP contribution in [0.5, 0.6) is 5.75 Å². The van der Waals surface area contributed by atoms with Gasteiger partial charge >= 0.3 is 0 Å². The summed E-state index contributed by atoms with van der Waals surface area (Å²) in [5.74, 6) is 0.187. The van der Waals surface area contributed by atoms with Crippen LogP contribution in [0.3, 0.4) is 0 Å². The van der Waals surface area contributed by atoms with Crippen molar-refractivity contribution in [3.05, 3.63) is 59.7 Å². The molecule has 2 saturated heterocycles. The van der Waals surface area contributed by atoms with Crippen molar-refractivity contribution in [1.29, 1.82) is 0 Å². The predicted molar refractivity (Wildman–Crippen MR) is 97.7 cm³/mol. The molecule has 2 atom stereocenters. The van der Waals surface area contributed by atoms with Gasteiger partial charge in [0, 0.05) is 36.7 Å². The number of carbonyl (C=O) groups is 1. The minimum absolute atomic E-state index is 0.0568. The monoisotopic (exact) mass is 370 g/mol. The van der Waals surface area contributed by atoms with Gasteiger partial charge in [0.25, 0.3) is 0 Å². The number of aliphatic hydroxyl groups is 1. The summed E-state index contributed by atoms with van der Waals surface area (Å²) >= 11 is 0. The summed E-state index contributed by atoms with van der Waals surface area (Å²) in [4.78, 5) is 18.5. The van der Waals surface area contributed by atoms with Gasteiger partial charge in [0.15, 0.2) is 0 Å². The largest absolute Gasteiger partial charge is 0.497 e. The molecule has 0 unspecified atom stereocenters. The number of rotatable bonds is 4. The summed E-state index contributed by atoms with van der Waals surface area (Å²) in [6.07, 6.45) is 4.06. The Morgan fingerprint density at radius 2 is 1.93 bits per heavy atom. The summed E-state index contributed by atoms with van der Waals surface area (Å²) < 4.78 is 19.3. The van der Waals surface area contributed by atoms with Gasteiger partial charge in [-0.1, -0.05) is 18.2 Å². The van der Waals surface area contributed by atoms with Crippen LogP contribution in [0.15, 0.2) is 42.6 Å². The molecule has 0 spiro atoms. The maximum absolute atomic E-state index is 14.1. The third kappa shape index (κ3) is 3.30. The molecule has 1 amide bonds. The van der Waals surface area contributed by atoms with Crippen LogP contribution in [0.25, 0.3) is 0 Å². The van der Waals surface area contributed by atoms with Crippen molar-refractivity contribution >= 4 is 5.91 Å². The lowest BCUT2D eigenvalue weighted by Gasteiger charge is -2.44. The van der Waals surface area contributed by atoms with Crippen molar-refractivity contribution in [2.75, 3.05) is 7.11 Å². The molecular formula is C21H23FN2O3. The Bertz CT molecular complexity index is 826. The van der Waals surface area contributed by atoms with Crippen LogP contribution in [0.4, 0.5) is 4.39 Å². The highest BCUT2D eigenvalue weighted by molar-refractivity contribution is 5.80. The Labute approximate surface area is 157 Å². The van der Waals surface area contributed by atoms with Crippen LogP contribution >= 0.6 is 0 Å². The molecule has 3 heterocycles. The summed E-state index contributed by atoms with van der Waals surface area (Å²) in [6, 6.07) is 10.6. The zero-order valence-corrected chi connectivity index (χ0v) is 15.3. The van der Waals surface area contributed by atoms with Crippen molar-refractivity contribution in [2.24, 2.45) is 0 Å². The number of aromatic nitrogens is 1. The molecule has 2 aliphatic heterocycles. The van der Waals surface area contributed by atoms with Gasteiger partial charge in [-0.2, -0.15) is 4.39 Å². The summed E-state index contributed by atoms with van der Waals surface area (Å²) in [6.45, 7) is 0.